The molecule has 0 saturated carbocycles. The zero-order chi connectivity index (χ0) is 19.8. The molecule has 28 heavy (non-hydrogen) atoms. The van der Waals surface area contributed by atoms with Crippen LogP contribution in [0.25, 0.3) is 11.4 Å². The van der Waals surface area contributed by atoms with Crippen molar-refractivity contribution in [3.8, 4) is 22.9 Å². The fourth-order valence-electron chi connectivity index (χ4n) is 2.70. The van der Waals surface area contributed by atoms with Crippen molar-refractivity contribution in [2.24, 2.45) is 4.99 Å². The Morgan fingerprint density at radius 1 is 1.18 bits per heavy atom. The molecule has 0 radical (unpaired) electrons. The summed E-state index contributed by atoms with van der Waals surface area (Å²) in [7, 11) is 3.35. The molecule has 1 heterocycles. The van der Waals surface area contributed by atoms with E-state index in [0.29, 0.717) is 30.6 Å². The molecule has 3 N–H and O–H groups in total. The van der Waals surface area contributed by atoms with E-state index < -0.39 is 0 Å². The summed E-state index contributed by atoms with van der Waals surface area (Å²) < 4.78 is 10.9. The Morgan fingerprint density at radius 2 is 2.07 bits per heavy atom. The summed E-state index contributed by atoms with van der Waals surface area (Å²) >= 11 is 0. The lowest BCUT2D eigenvalue weighted by atomic mass is 10.1. The Morgan fingerprint density at radius 3 is 2.79 bits per heavy atom. The molecule has 8 nitrogen and oxygen atoms in total. The van der Waals surface area contributed by atoms with Crippen molar-refractivity contribution < 1.29 is 9.47 Å². The molecular weight excluding hydrogens is 356 g/mol. The molecule has 3 rings (SSSR count). The van der Waals surface area contributed by atoms with Gasteiger partial charge in [0, 0.05) is 30.9 Å². The van der Waals surface area contributed by atoms with Gasteiger partial charge < -0.3 is 20.1 Å². The van der Waals surface area contributed by atoms with Crippen LogP contribution in [0.1, 0.15) is 12.5 Å². The summed E-state index contributed by atoms with van der Waals surface area (Å²) in [6.45, 7) is 3.11. The molecule has 0 unspecified atom stereocenters. The van der Waals surface area contributed by atoms with E-state index in [1.807, 2.05) is 43.3 Å². The number of nitrogens with zero attached hydrogens (tertiary/aromatic N) is 3. The number of hydrogen-bond donors (Lipinski definition) is 3. The van der Waals surface area contributed by atoms with Crippen molar-refractivity contribution in [2.45, 2.75) is 13.5 Å². The molecule has 0 aliphatic heterocycles. The number of hydrogen-bond acceptors (Lipinski definition) is 5. The van der Waals surface area contributed by atoms with Gasteiger partial charge in [-0.2, -0.15) is 5.10 Å². The van der Waals surface area contributed by atoms with Crippen LogP contribution >= 0.6 is 0 Å². The van der Waals surface area contributed by atoms with Crippen molar-refractivity contribution in [2.75, 3.05) is 26.1 Å². The topological polar surface area (TPSA) is 96.5 Å². The number of aromatic amines is 1. The third-order valence-corrected chi connectivity index (χ3v) is 4.03. The van der Waals surface area contributed by atoms with E-state index in [2.05, 4.69) is 36.9 Å². The van der Waals surface area contributed by atoms with Gasteiger partial charge in [-0.3, -0.25) is 10.1 Å². The molecule has 0 fully saturated rings. The molecule has 0 aliphatic rings. The minimum atomic E-state index is 0.564. The lowest BCUT2D eigenvalue weighted by Crippen LogP contribution is -2.30. The van der Waals surface area contributed by atoms with Crippen LogP contribution in [0.5, 0.6) is 11.5 Å². The first-order chi connectivity index (χ1) is 13.7. The van der Waals surface area contributed by atoms with E-state index in [9.17, 15) is 0 Å². The first-order valence-electron chi connectivity index (χ1n) is 8.96. The number of benzene rings is 2. The Balaban J connectivity index is 1.66. The molecule has 0 bridgehead atoms. The number of nitrogens with one attached hydrogen (secondary N) is 3. The number of aromatic nitrogens is 3. The van der Waals surface area contributed by atoms with Gasteiger partial charge in [-0.15, -0.1) is 0 Å². The Kier molecular flexibility index (Phi) is 6.46. The van der Waals surface area contributed by atoms with E-state index in [1.165, 1.54) is 6.33 Å². The summed E-state index contributed by atoms with van der Waals surface area (Å²) in [6.07, 6.45) is 1.50. The molecule has 0 saturated heterocycles. The molecule has 0 amide bonds. The van der Waals surface area contributed by atoms with Crippen molar-refractivity contribution in [3.63, 3.8) is 0 Å². The van der Waals surface area contributed by atoms with Crippen molar-refractivity contribution in [1.82, 2.24) is 20.5 Å². The normalized spacial score (nSPS) is 11.2. The highest BCUT2D eigenvalue weighted by Crippen LogP contribution is 2.30. The van der Waals surface area contributed by atoms with Gasteiger partial charge in [-0.1, -0.05) is 18.2 Å². The van der Waals surface area contributed by atoms with Crippen LogP contribution in [0.15, 0.2) is 53.8 Å². The summed E-state index contributed by atoms with van der Waals surface area (Å²) in [5, 5.41) is 13.3. The van der Waals surface area contributed by atoms with E-state index in [0.717, 1.165) is 22.6 Å². The van der Waals surface area contributed by atoms with Gasteiger partial charge in [0.25, 0.3) is 0 Å². The van der Waals surface area contributed by atoms with Crippen molar-refractivity contribution in [1.29, 1.82) is 0 Å². The minimum Gasteiger partial charge on any atom is -0.493 e. The highest BCUT2D eigenvalue weighted by molar-refractivity contribution is 5.93. The number of H-pyrrole nitrogens is 1. The number of anilines is 1. The second-order valence-electron chi connectivity index (χ2n) is 5.88. The standard InChI is InChI=1S/C20H24N6O2/c1-4-28-18-11-16(8-9-17(18)27-3)25-20(21-2)22-12-14-6-5-7-15(10-14)19-23-13-24-26-19/h5-11,13H,4,12H2,1-3H3,(H2,21,22,25)(H,23,24,26). The number of guanidine groups is 1. The monoisotopic (exact) mass is 380 g/mol. The predicted molar refractivity (Wildman–Crippen MR) is 110 cm³/mol. The van der Waals surface area contributed by atoms with Gasteiger partial charge in [0.15, 0.2) is 23.3 Å². The quantitative estimate of drug-likeness (QED) is 0.431. The number of aliphatic imine (C=N–C) groups is 1. The summed E-state index contributed by atoms with van der Waals surface area (Å²) in [5.74, 6) is 2.77. The molecule has 0 spiro atoms. The van der Waals surface area contributed by atoms with Gasteiger partial charge in [-0.25, -0.2) is 4.98 Å². The zero-order valence-electron chi connectivity index (χ0n) is 16.2. The summed E-state index contributed by atoms with van der Waals surface area (Å²) in [5.41, 5.74) is 2.94. The average molecular weight is 380 g/mol. The predicted octanol–water partition coefficient (Wildman–Crippen LogP) is 3.07. The number of ether oxygens (including phenoxy) is 2. The van der Waals surface area contributed by atoms with Gasteiger partial charge in [-0.05, 0) is 30.7 Å². The third-order valence-electron chi connectivity index (χ3n) is 4.03. The molecule has 3 aromatic rings. The fourth-order valence-corrected chi connectivity index (χ4v) is 2.70. The van der Waals surface area contributed by atoms with Crippen molar-refractivity contribution in [3.05, 3.63) is 54.4 Å². The first-order valence-corrected chi connectivity index (χ1v) is 8.96. The van der Waals surface area contributed by atoms with Crippen molar-refractivity contribution >= 4 is 11.6 Å². The maximum Gasteiger partial charge on any atom is 0.195 e. The van der Waals surface area contributed by atoms with Crippen LogP contribution in [-0.4, -0.2) is 41.9 Å². The van der Waals surface area contributed by atoms with Crippen LogP contribution in [0.2, 0.25) is 0 Å². The summed E-state index contributed by atoms with van der Waals surface area (Å²) in [6, 6.07) is 13.7. The third kappa shape index (κ3) is 4.79. The zero-order valence-corrected chi connectivity index (χ0v) is 16.2. The second-order valence-corrected chi connectivity index (χ2v) is 5.88. The van der Waals surface area contributed by atoms with Gasteiger partial charge in [0.05, 0.1) is 13.7 Å². The SMILES string of the molecule is CCOc1cc(NC(=NC)NCc2cccc(-c3ncn[nH]3)c2)ccc1OC. The molecule has 0 aliphatic carbocycles. The number of rotatable bonds is 7. The Labute approximate surface area is 164 Å². The molecule has 2 aromatic carbocycles. The molecule has 0 atom stereocenters. The van der Waals surface area contributed by atoms with Gasteiger partial charge in [0.1, 0.15) is 6.33 Å². The first kappa shape index (κ1) is 19.2. The van der Waals surface area contributed by atoms with E-state index >= 15 is 0 Å². The smallest absolute Gasteiger partial charge is 0.195 e. The average Bonchev–Trinajstić information content (AvgIpc) is 3.27. The molecular formula is C20H24N6O2. The second kappa shape index (κ2) is 9.40. The molecule has 146 valence electrons. The molecule has 8 heteroatoms. The largest absolute Gasteiger partial charge is 0.493 e. The molecule has 1 aromatic heterocycles. The lowest BCUT2D eigenvalue weighted by Gasteiger charge is -2.15. The lowest BCUT2D eigenvalue weighted by molar-refractivity contribution is 0.311. The van der Waals surface area contributed by atoms with Gasteiger partial charge in [0.2, 0.25) is 0 Å². The summed E-state index contributed by atoms with van der Waals surface area (Å²) in [4.78, 5) is 8.47. The fraction of sp³-hybridized carbons (Fsp3) is 0.250. The van der Waals surface area contributed by atoms with E-state index in [1.54, 1.807) is 14.2 Å². The number of methoxy groups -OCH3 is 1. The minimum absolute atomic E-state index is 0.564. The van der Waals surface area contributed by atoms with E-state index in [-0.39, 0.29) is 0 Å². The highest BCUT2D eigenvalue weighted by atomic mass is 16.5. The van der Waals surface area contributed by atoms with Crippen LogP contribution in [0, 0.1) is 0 Å². The van der Waals surface area contributed by atoms with Gasteiger partial charge >= 0.3 is 0 Å². The van der Waals surface area contributed by atoms with E-state index in [4.69, 9.17) is 9.47 Å². The Bertz CT molecular complexity index is 924. The van der Waals surface area contributed by atoms with Crippen LogP contribution < -0.4 is 20.1 Å². The highest BCUT2D eigenvalue weighted by Gasteiger charge is 2.07. The maximum atomic E-state index is 5.62. The Hall–Kier alpha value is -3.55. The van der Waals surface area contributed by atoms with Crippen LogP contribution in [0.4, 0.5) is 5.69 Å². The maximum absolute atomic E-state index is 5.62. The van der Waals surface area contributed by atoms with Crippen LogP contribution in [-0.2, 0) is 6.54 Å². The van der Waals surface area contributed by atoms with Crippen LogP contribution in [0.3, 0.4) is 0 Å².